The maximum absolute atomic E-state index is 11.8. The monoisotopic (exact) mass is 263 g/mol. The molecule has 0 bridgehead atoms. The number of anilines is 1. The second kappa shape index (κ2) is 7.10. The van der Waals surface area contributed by atoms with Crippen molar-refractivity contribution in [1.82, 2.24) is 0 Å². The fraction of sp³-hybridized carbons (Fsp3) is 0.0556. The molecule has 0 aliphatic heterocycles. The number of hydrogen-bond acceptors (Lipinski definition) is 1. The van der Waals surface area contributed by atoms with E-state index in [-0.39, 0.29) is 5.91 Å². The third kappa shape index (κ3) is 3.69. The minimum atomic E-state index is -0.133. The normalized spacial score (nSPS) is 11.1. The van der Waals surface area contributed by atoms with E-state index >= 15 is 0 Å². The van der Waals surface area contributed by atoms with Gasteiger partial charge in [0, 0.05) is 17.3 Å². The summed E-state index contributed by atoms with van der Waals surface area (Å²) in [7, 11) is 0. The van der Waals surface area contributed by atoms with Gasteiger partial charge in [0.25, 0.3) is 0 Å². The molecule has 2 nitrogen and oxygen atoms in total. The Morgan fingerprint density at radius 3 is 2.40 bits per heavy atom. The van der Waals surface area contributed by atoms with E-state index < -0.39 is 0 Å². The second-order valence-electron chi connectivity index (χ2n) is 4.29. The molecule has 0 fully saturated rings. The van der Waals surface area contributed by atoms with E-state index in [0.717, 1.165) is 16.8 Å². The van der Waals surface area contributed by atoms with Crippen molar-refractivity contribution in [1.29, 1.82) is 0 Å². The third-order valence-electron chi connectivity index (χ3n) is 2.82. The zero-order valence-corrected chi connectivity index (χ0v) is 11.4. The maximum Gasteiger partial charge on any atom is 0.248 e. The first-order valence-electron chi connectivity index (χ1n) is 6.56. The Balaban J connectivity index is 2.23. The molecule has 2 heteroatoms. The van der Waals surface area contributed by atoms with E-state index in [0.29, 0.717) is 0 Å². The van der Waals surface area contributed by atoms with E-state index in [1.165, 1.54) is 6.08 Å². The van der Waals surface area contributed by atoms with Gasteiger partial charge in [-0.15, -0.1) is 0 Å². The van der Waals surface area contributed by atoms with Crippen LogP contribution in [0.15, 0.2) is 78.9 Å². The Labute approximate surface area is 119 Å². The highest BCUT2D eigenvalue weighted by Crippen LogP contribution is 2.27. The number of para-hydroxylation sites is 1. The second-order valence-corrected chi connectivity index (χ2v) is 4.29. The molecule has 0 radical (unpaired) electrons. The van der Waals surface area contributed by atoms with Crippen LogP contribution in [-0.2, 0) is 4.79 Å². The lowest BCUT2D eigenvalue weighted by Gasteiger charge is -2.09. The molecule has 0 aromatic heterocycles. The van der Waals surface area contributed by atoms with Crippen LogP contribution in [0.2, 0.25) is 0 Å². The predicted molar refractivity (Wildman–Crippen MR) is 84.5 cm³/mol. The van der Waals surface area contributed by atoms with Crippen LogP contribution in [0.25, 0.3) is 11.1 Å². The van der Waals surface area contributed by atoms with Crippen LogP contribution in [0.3, 0.4) is 0 Å². The smallest absolute Gasteiger partial charge is 0.248 e. The fourth-order valence-electron chi connectivity index (χ4n) is 1.89. The molecule has 20 heavy (non-hydrogen) atoms. The van der Waals surface area contributed by atoms with Crippen LogP contribution < -0.4 is 5.32 Å². The molecule has 0 saturated carbocycles. The van der Waals surface area contributed by atoms with Gasteiger partial charge in [0.05, 0.1) is 0 Å². The molecular weight excluding hydrogens is 246 g/mol. The average Bonchev–Trinajstić information content (AvgIpc) is 2.49. The van der Waals surface area contributed by atoms with Crippen molar-refractivity contribution < 1.29 is 4.79 Å². The summed E-state index contributed by atoms with van der Waals surface area (Å²) in [6, 6.07) is 17.8. The molecule has 2 aromatic carbocycles. The molecule has 0 heterocycles. The molecule has 0 atom stereocenters. The Bertz CT molecular complexity index is 627. The number of hydrogen-bond donors (Lipinski definition) is 1. The summed E-state index contributed by atoms with van der Waals surface area (Å²) in [4.78, 5) is 11.8. The standard InChI is InChI=1S/C18H17NO/c1-2-3-5-14-18(20)19-17-13-9-8-12-16(17)15-10-6-4-7-11-15/h2-14H,1H3,(H,19,20). The van der Waals surface area contributed by atoms with Crippen molar-refractivity contribution in [3.63, 3.8) is 0 Å². The van der Waals surface area contributed by atoms with E-state index in [1.54, 1.807) is 6.08 Å². The van der Waals surface area contributed by atoms with Crippen molar-refractivity contribution in [2.24, 2.45) is 0 Å². The number of benzene rings is 2. The lowest BCUT2D eigenvalue weighted by Crippen LogP contribution is -2.08. The maximum atomic E-state index is 11.8. The highest BCUT2D eigenvalue weighted by Gasteiger charge is 2.05. The molecule has 0 unspecified atom stereocenters. The van der Waals surface area contributed by atoms with Crippen LogP contribution in [-0.4, -0.2) is 5.91 Å². The topological polar surface area (TPSA) is 29.1 Å². The van der Waals surface area contributed by atoms with Crippen molar-refractivity contribution in [3.05, 3.63) is 78.9 Å². The van der Waals surface area contributed by atoms with Crippen LogP contribution in [0.5, 0.6) is 0 Å². The van der Waals surface area contributed by atoms with Gasteiger partial charge in [-0.25, -0.2) is 0 Å². The van der Waals surface area contributed by atoms with Gasteiger partial charge in [0.2, 0.25) is 5.91 Å². The minimum absolute atomic E-state index is 0.133. The number of carbonyl (C=O) groups is 1. The Morgan fingerprint density at radius 2 is 1.65 bits per heavy atom. The molecule has 1 N–H and O–H groups in total. The number of amides is 1. The largest absolute Gasteiger partial charge is 0.322 e. The van der Waals surface area contributed by atoms with Crippen molar-refractivity contribution in [2.45, 2.75) is 6.92 Å². The molecule has 100 valence electrons. The molecule has 2 aromatic rings. The van der Waals surface area contributed by atoms with Gasteiger partial charge in [-0.1, -0.05) is 66.8 Å². The molecule has 0 spiro atoms. The number of nitrogens with one attached hydrogen (secondary N) is 1. The highest BCUT2D eigenvalue weighted by atomic mass is 16.1. The zero-order chi connectivity index (χ0) is 14.2. The summed E-state index contributed by atoms with van der Waals surface area (Å²) < 4.78 is 0. The van der Waals surface area contributed by atoms with Crippen molar-refractivity contribution in [2.75, 3.05) is 5.32 Å². The van der Waals surface area contributed by atoms with Gasteiger partial charge < -0.3 is 5.32 Å². The van der Waals surface area contributed by atoms with E-state index in [4.69, 9.17) is 0 Å². The Hall–Kier alpha value is -2.61. The van der Waals surface area contributed by atoms with Gasteiger partial charge in [-0.2, -0.15) is 0 Å². The van der Waals surface area contributed by atoms with E-state index in [2.05, 4.69) is 5.32 Å². The van der Waals surface area contributed by atoms with Gasteiger partial charge in [-0.3, -0.25) is 4.79 Å². The molecular formula is C18H17NO. The molecule has 0 aliphatic carbocycles. The lowest BCUT2D eigenvalue weighted by molar-refractivity contribution is -0.111. The first kappa shape index (κ1) is 13.8. The number of rotatable bonds is 4. The Morgan fingerprint density at radius 1 is 0.950 bits per heavy atom. The van der Waals surface area contributed by atoms with Gasteiger partial charge in [0.1, 0.15) is 0 Å². The van der Waals surface area contributed by atoms with Crippen molar-refractivity contribution >= 4 is 11.6 Å². The fourth-order valence-corrected chi connectivity index (χ4v) is 1.89. The highest BCUT2D eigenvalue weighted by molar-refractivity contribution is 6.02. The summed E-state index contributed by atoms with van der Waals surface area (Å²) in [5.74, 6) is -0.133. The number of carbonyl (C=O) groups excluding carboxylic acids is 1. The first-order chi connectivity index (χ1) is 9.81. The average molecular weight is 263 g/mol. The van der Waals surface area contributed by atoms with Gasteiger partial charge in [-0.05, 0) is 18.6 Å². The first-order valence-corrected chi connectivity index (χ1v) is 6.56. The van der Waals surface area contributed by atoms with Crippen LogP contribution in [0.4, 0.5) is 5.69 Å². The van der Waals surface area contributed by atoms with E-state index in [9.17, 15) is 4.79 Å². The summed E-state index contributed by atoms with van der Waals surface area (Å²) in [5, 5.41) is 2.91. The Kier molecular flexibility index (Phi) is 4.90. The summed E-state index contributed by atoms with van der Waals surface area (Å²) in [5.41, 5.74) is 2.91. The molecule has 1 amide bonds. The minimum Gasteiger partial charge on any atom is -0.322 e. The molecule has 0 saturated heterocycles. The number of allylic oxidation sites excluding steroid dienone is 3. The van der Waals surface area contributed by atoms with Gasteiger partial charge >= 0.3 is 0 Å². The van der Waals surface area contributed by atoms with Gasteiger partial charge in [0.15, 0.2) is 0 Å². The summed E-state index contributed by atoms with van der Waals surface area (Å²) >= 11 is 0. The van der Waals surface area contributed by atoms with Crippen molar-refractivity contribution in [3.8, 4) is 11.1 Å². The zero-order valence-electron chi connectivity index (χ0n) is 11.4. The SMILES string of the molecule is CC=CC=CC(=O)Nc1ccccc1-c1ccccc1. The van der Waals surface area contributed by atoms with Crippen LogP contribution in [0, 0.1) is 0 Å². The third-order valence-corrected chi connectivity index (χ3v) is 2.82. The predicted octanol–water partition coefficient (Wildman–Crippen LogP) is 4.42. The van der Waals surface area contributed by atoms with Crippen LogP contribution in [0.1, 0.15) is 6.92 Å². The quantitative estimate of drug-likeness (QED) is 0.642. The molecule has 0 aliphatic rings. The summed E-state index contributed by atoms with van der Waals surface area (Å²) in [6.07, 6.45) is 6.94. The molecule has 2 rings (SSSR count). The lowest BCUT2D eigenvalue weighted by atomic mass is 10.0. The summed E-state index contributed by atoms with van der Waals surface area (Å²) in [6.45, 7) is 1.91. The van der Waals surface area contributed by atoms with Crippen LogP contribution >= 0.6 is 0 Å². The van der Waals surface area contributed by atoms with E-state index in [1.807, 2.05) is 73.7 Å².